The second-order valence-corrected chi connectivity index (χ2v) is 5.62. The molecular formula is C14H19BrN2O2. The number of carbonyl (C=O) groups is 1. The zero-order chi connectivity index (χ0) is 13.7. The third kappa shape index (κ3) is 4.30. The van der Waals surface area contributed by atoms with E-state index in [9.17, 15) is 4.79 Å². The molecule has 1 aromatic carbocycles. The molecule has 1 amide bonds. The zero-order valence-electron chi connectivity index (χ0n) is 11.1. The molecular weight excluding hydrogens is 308 g/mol. The van der Waals surface area contributed by atoms with Gasteiger partial charge in [-0.15, -0.1) is 0 Å². The maximum Gasteiger partial charge on any atom is 0.252 e. The van der Waals surface area contributed by atoms with Gasteiger partial charge in [0, 0.05) is 31.2 Å². The first-order chi connectivity index (χ1) is 9.16. The number of amides is 1. The van der Waals surface area contributed by atoms with Gasteiger partial charge in [0.15, 0.2) is 0 Å². The maximum atomic E-state index is 12.1. The first-order valence-corrected chi connectivity index (χ1v) is 7.28. The number of morpholine rings is 1. The SMILES string of the molecule is CN(CCc1ccc(Br)cc1)C(=O)C1CNCCO1. The molecule has 0 aliphatic carbocycles. The summed E-state index contributed by atoms with van der Waals surface area (Å²) in [6, 6.07) is 8.18. The highest BCUT2D eigenvalue weighted by molar-refractivity contribution is 9.10. The highest BCUT2D eigenvalue weighted by Gasteiger charge is 2.24. The summed E-state index contributed by atoms with van der Waals surface area (Å²) in [4.78, 5) is 13.9. The quantitative estimate of drug-likeness (QED) is 0.910. The molecule has 2 rings (SSSR count). The first-order valence-electron chi connectivity index (χ1n) is 6.48. The number of benzene rings is 1. The van der Waals surface area contributed by atoms with Crippen LogP contribution in [0, 0.1) is 0 Å². The van der Waals surface area contributed by atoms with E-state index in [4.69, 9.17) is 4.74 Å². The predicted molar refractivity (Wildman–Crippen MR) is 78.1 cm³/mol. The van der Waals surface area contributed by atoms with E-state index in [0.29, 0.717) is 19.7 Å². The van der Waals surface area contributed by atoms with Crippen LogP contribution in [0.2, 0.25) is 0 Å². The van der Waals surface area contributed by atoms with Crippen LogP contribution in [0.15, 0.2) is 28.7 Å². The molecule has 104 valence electrons. The van der Waals surface area contributed by atoms with Gasteiger partial charge in [-0.3, -0.25) is 4.79 Å². The number of carbonyl (C=O) groups excluding carboxylic acids is 1. The number of halogens is 1. The van der Waals surface area contributed by atoms with Crippen LogP contribution in [0.3, 0.4) is 0 Å². The fourth-order valence-corrected chi connectivity index (χ4v) is 2.29. The second kappa shape index (κ2) is 7.03. The lowest BCUT2D eigenvalue weighted by Gasteiger charge is -2.27. The summed E-state index contributed by atoms with van der Waals surface area (Å²) >= 11 is 3.41. The maximum absolute atomic E-state index is 12.1. The van der Waals surface area contributed by atoms with E-state index in [0.717, 1.165) is 17.4 Å². The molecule has 4 nitrogen and oxygen atoms in total. The lowest BCUT2D eigenvalue weighted by Crippen LogP contribution is -2.48. The van der Waals surface area contributed by atoms with Crippen LogP contribution in [-0.2, 0) is 16.0 Å². The summed E-state index contributed by atoms with van der Waals surface area (Å²) in [5.74, 6) is 0.0595. The minimum Gasteiger partial charge on any atom is -0.366 e. The number of nitrogens with one attached hydrogen (secondary N) is 1. The van der Waals surface area contributed by atoms with Gasteiger partial charge in [0.05, 0.1) is 6.61 Å². The summed E-state index contributed by atoms with van der Waals surface area (Å²) < 4.78 is 6.54. The van der Waals surface area contributed by atoms with Gasteiger partial charge in [0.1, 0.15) is 6.10 Å². The Balaban J connectivity index is 1.81. The Hall–Kier alpha value is -0.910. The number of hydrogen-bond donors (Lipinski definition) is 1. The number of nitrogens with zero attached hydrogens (tertiary/aromatic N) is 1. The van der Waals surface area contributed by atoms with Crippen molar-refractivity contribution in [3.63, 3.8) is 0 Å². The Morgan fingerprint density at radius 1 is 1.47 bits per heavy atom. The Bertz CT molecular complexity index is 416. The molecule has 1 aliphatic rings. The molecule has 19 heavy (non-hydrogen) atoms. The third-order valence-corrected chi connectivity index (χ3v) is 3.76. The largest absolute Gasteiger partial charge is 0.366 e. The van der Waals surface area contributed by atoms with Crippen LogP contribution in [0.4, 0.5) is 0 Å². The summed E-state index contributed by atoms with van der Waals surface area (Å²) in [6.45, 7) is 2.76. The van der Waals surface area contributed by atoms with E-state index in [2.05, 4.69) is 33.4 Å². The molecule has 0 radical (unpaired) electrons. The molecule has 5 heteroatoms. The molecule has 1 fully saturated rings. The van der Waals surface area contributed by atoms with E-state index in [1.807, 2.05) is 19.2 Å². The van der Waals surface area contributed by atoms with Crippen LogP contribution in [0.25, 0.3) is 0 Å². The third-order valence-electron chi connectivity index (χ3n) is 3.23. The average molecular weight is 327 g/mol. The van der Waals surface area contributed by atoms with Crippen molar-refractivity contribution in [1.82, 2.24) is 10.2 Å². The van der Waals surface area contributed by atoms with Gasteiger partial charge in [-0.2, -0.15) is 0 Å². The Labute approximate surface area is 122 Å². The standard InChI is InChI=1S/C14H19BrN2O2/c1-17(14(18)13-10-16-7-9-19-13)8-6-11-2-4-12(15)5-3-11/h2-5,13,16H,6-10H2,1H3. The minimum atomic E-state index is -0.330. The van der Waals surface area contributed by atoms with Gasteiger partial charge in [-0.05, 0) is 24.1 Å². The summed E-state index contributed by atoms with van der Waals surface area (Å²) in [5, 5.41) is 3.17. The second-order valence-electron chi connectivity index (χ2n) is 4.70. The smallest absolute Gasteiger partial charge is 0.252 e. The molecule has 1 N–H and O–H groups in total. The van der Waals surface area contributed by atoms with Crippen LogP contribution in [-0.4, -0.2) is 50.2 Å². The fourth-order valence-electron chi connectivity index (χ4n) is 2.03. The molecule has 1 atom stereocenters. The van der Waals surface area contributed by atoms with Crippen LogP contribution >= 0.6 is 15.9 Å². The first kappa shape index (κ1) is 14.5. The van der Waals surface area contributed by atoms with Crippen molar-refractivity contribution in [1.29, 1.82) is 0 Å². The Kier molecular flexibility index (Phi) is 5.36. The van der Waals surface area contributed by atoms with E-state index in [-0.39, 0.29) is 12.0 Å². The van der Waals surface area contributed by atoms with Crippen molar-refractivity contribution in [3.05, 3.63) is 34.3 Å². The molecule has 1 saturated heterocycles. The number of rotatable bonds is 4. The summed E-state index contributed by atoms with van der Waals surface area (Å²) in [5.41, 5.74) is 1.23. The fraction of sp³-hybridized carbons (Fsp3) is 0.500. The monoisotopic (exact) mass is 326 g/mol. The van der Waals surface area contributed by atoms with Crippen molar-refractivity contribution in [3.8, 4) is 0 Å². The van der Waals surface area contributed by atoms with Crippen molar-refractivity contribution < 1.29 is 9.53 Å². The average Bonchev–Trinajstić information content (AvgIpc) is 2.46. The lowest BCUT2D eigenvalue weighted by molar-refractivity contribution is -0.143. The number of likely N-dealkylation sites (N-methyl/N-ethyl adjacent to an activating group) is 1. The zero-order valence-corrected chi connectivity index (χ0v) is 12.6. The minimum absolute atomic E-state index is 0.0595. The molecule has 0 bridgehead atoms. The van der Waals surface area contributed by atoms with E-state index >= 15 is 0 Å². The van der Waals surface area contributed by atoms with E-state index in [1.54, 1.807) is 4.90 Å². The normalized spacial score (nSPS) is 19.2. The van der Waals surface area contributed by atoms with Gasteiger partial charge in [-0.1, -0.05) is 28.1 Å². The molecule has 1 aromatic rings. The highest BCUT2D eigenvalue weighted by Crippen LogP contribution is 2.11. The van der Waals surface area contributed by atoms with Gasteiger partial charge in [-0.25, -0.2) is 0 Å². The number of ether oxygens (including phenoxy) is 1. The predicted octanol–water partition coefficient (Wildman–Crippen LogP) is 1.44. The topological polar surface area (TPSA) is 41.6 Å². The summed E-state index contributed by atoms with van der Waals surface area (Å²) in [7, 11) is 1.83. The molecule has 0 saturated carbocycles. The number of hydrogen-bond acceptors (Lipinski definition) is 3. The van der Waals surface area contributed by atoms with Crippen LogP contribution < -0.4 is 5.32 Å². The highest BCUT2D eigenvalue weighted by atomic mass is 79.9. The van der Waals surface area contributed by atoms with Crippen molar-refractivity contribution in [2.45, 2.75) is 12.5 Å². The van der Waals surface area contributed by atoms with Crippen molar-refractivity contribution in [2.24, 2.45) is 0 Å². The van der Waals surface area contributed by atoms with Crippen LogP contribution in [0.1, 0.15) is 5.56 Å². The Morgan fingerprint density at radius 2 is 2.21 bits per heavy atom. The Morgan fingerprint density at radius 3 is 2.84 bits per heavy atom. The van der Waals surface area contributed by atoms with Crippen LogP contribution in [0.5, 0.6) is 0 Å². The van der Waals surface area contributed by atoms with Crippen molar-refractivity contribution >= 4 is 21.8 Å². The van der Waals surface area contributed by atoms with Crippen molar-refractivity contribution in [2.75, 3.05) is 33.3 Å². The molecule has 1 heterocycles. The molecule has 0 aromatic heterocycles. The van der Waals surface area contributed by atoms with Gasteiger partial charge < -0.3 is 15.0 Å². The summed E-state index contributed by atoms with van der Waals surface area (Å²) in [6.07, 6.45) is 0.527. The molecule has 0 spiro atoms. The van der Waals surface area contributed by atoms with Gasteiger partial charge >= 0.3 is 0 Å². The molecule has 1 unspecified atom stereocenters. The van der Waals surface area contributed by atoms with Gasteiger partial charge in [0.25, 0.3) is 5.91 Å². The van der Waals surface area contributed by atoms with E-state index in [1.165, 1.54) is 5.56 Å². The van der Waals surface area contributed by atoms with Gasteiger partial charge in [0.2, 0.25) is 0 Å². The van der Waals surface area contributed by atoms with E-state index < -0.39 is 0 Å². The lowest BCUT2D eigenvalue weighted by atomic mass is 10.1. The molecule has 1 aliphatic heterocycles.